The fraction of sp³-hybridized carbons (Fsp3) is 0.188. The third kappa shape index (κ3) is 3.23. The van der Waals surface area contributed by atoms with Crippen LogP contribution in [0.4, 0.5) is 11.4 Å². The Morgan fingerprint density at radius 1 is 1.35 bits per heavy atom. The summed E-state index contributed by atoms with van der Waals surface area (Å²) in [5.74, 6) is 0.767. The van der Waals surface area contributed by atoms with Crippen LogP contribution in [0.3, 0.4) is 0 Å². The van der Waals surface area contributed by atoms with Gasteiger partial charge in [0.1, 0.15) is 12.4 Å². The lowest BCUT2D eigenvalue weighted by Crippen LogP contribution is -2.22. The number of para-hydroxylation sites is 1. The van der Waals surface area contributed by atoms with Crippen molar-refractivity contribution >= 4 is 17.4 Å². The monoisotopic (exact) mass is 313 g/mol. The van der Waals surface area contributed by atoms with Gasteiger partial charge in [-0.2, -0.15) is 0 Å². The lowest BCUT2D eigenvalue weighted by molar-refractivity contribution is -0.384. The molecular weight excluding hydrogens is 298 g/mol. The Labute approximate surface area is 132 Å². The van der Waals surface area contributed by atoms with Crippen molar-refractivity contribution in [3.8, 4) is 5.75 Å². The van der Waals surface area contributed by atoms with E-state index in [1.807, 2.05) is 24.3 Å². The SMILES string of the molecule is COc1ccccc1CN=C1Nc2ccc([N+](=O)[O-])cc2CO1. The minimum Gasteiger partial charge on any atom is -0.496 e. The van der Waals surface area contributed by atoms with Gasteiger partial charge in [0.2, 0.25) is 0 Å². The van der Waals surface area contributed by atoms with Crippen molar-refractivity contribution in [3.05, 3.63) is 63.7 Å². The van der Waals surface area contributed by atoms with Gasteiger partial charge in [0.15, 0.2) is 0 Å². The van der Waals surface area contributed by atoms with Gasteiger partial charge < -0.3 is 14.8 Å². The van der Waals surface area contributed by atoms with Crippen molar-refractivity contribution in [1.29, 1.82) is 0 Å². The van der Waals surface area contributed by atoms with E-state index in [-0.39, 0.29) is 12.3 Å². The van der Waals surface area contributed by atoms with Gasteiger partial charge in [-0.1, -0.05) is 18.2 Å². The molecule has 1 aliphatic heterocycles. The Hall–Kier alpha value is -3.09. The number of benzene rings is 2. The molecule has 0 saturated carbocycles. The van der Waals surface area contributed by atoms with Crippen molar-refractivity contribution in [2.45, 2.75) is 13.2 Å². The zero-order valence-corrected chi connectivity index (χ0v) is 12.5. The number of nitrogens with zero attached hydrogens (tertiary/aromatic N) is 2. The second-order valence-corrected chi connectivity index (χ2v) is 4.95. The molecule has 0 amide bonds. The average Bonchev–Trinajstić information content (AvgIpc) is 2.59. The van der Waals surface area contributed by atoms with Crippen LogP contribution in [0.2, 0.25) is 0 Å². The lowest BCUT2D eigenvalue weighted by atomic mass is 10.1. The molecule has 0 atom stereocenters. The highest BCUT2D eigenvalue weighted by Gasteiger charge is 2.18. The summed E-state index contributed by atoms with van der Waals surface area (Å²) < 4.78 is 10.8. The molecule has 2 aromatic carbocycles. The number of hydrogen-bond donors (Lipinski definition) is 1. The van der Waals surface area contributed by atoms with E-state index in [9.17, 15) is 10.1 Å². The van der Waals surface area contributed by atoms with Crippen LogP contribution >= 0.6 is 0 Å². The Morgan fingerprint density at radius 2 is 2.17 bits per heavy atom. The molecule has 118 valence electrons. The Balaban J connectivity index is 1.75. The van der Waals surface area contributed by atoms with Gasteiger partial charge in [0.05, 0.1) is 18.6 Å². The highest BCUT2D eigenvalue weighted by atomic mass is 16.6. The number of fused-ring (bicyclic) bond motifs is 1. The van der Waals surface area contributed by atoms with E-state index in [0.717, 1.165) is 22.6 Å². The van der Waals surface area contributed by atoms with Crippen molar-refractivity contribution in [1.82, 2.24) is 0 Å². The summed E-state index contributed by atoms with van der Waals surface area (Å²) >= 11 is 0. The van der Waals surface area contributed by atoms with Crippen LogP contribution in [0.15, 0.2) is 47.5 Å². The molecule has 0 radical (unpaired) electrons. The van der Waals surface area contributed by atoms with Gasteiger partial charge in [-0.25, -0.2) is 4.99 Å². The fourth-order valence-corrected chi connectivity index (χ4v) is 2.31. The molecule has 1 aliphatic rings. The molecule has 0 unspecified atom stereocenters. The molecule has 0 aromatic heterocycles. The Morgan fingerprint density at radius 3 is 2.96 bits per heavy atom. The Kier molecular flexibility index (Phi) is 4.09. The summed E-state index contributed by atoms with van der Waals surface area (Å²) in [5, 5.41) is 13.8. The molecule has 0 bridgehead atoms. The molecule has 0 saturated heterocycles. The van der Waals surface area contributed by atoms with E-state index in [4.69, 9.17) is 9.47 Å². The van der Waals surface area contributed by atoms with E-state index < -0.39 is 4.92 Å². The first-order valence-electron chi connectivity index (χ1n) is 7.01. The minimum atomic E-state index is -0.425. The number of rotatable bonds is 4. The molecule has 3 rings (SSSR count). The highest BCUT2D eigenvalue weighted by molar-refractivity contribution is 5.91. The minimum absolute atomic E-state index is 0.0450. The first kappa shape index (κ1) is 14.8. The maximum Gasteiger partial charge on any atom is 0.289 e. The van der Waals surface area contributed by atoms with Crippen molar-refractivity contribution in [2.24, 2.45) is 4.99 Å². The smallest absolute Gasteiger partial charge is 0.289 e. The predicted octanol–water partition coefficient (Wildman–Crippen LogP) is 3.10. The van der Waals surface area contributed by atoms with Crippen molar-refractivity contribution in [3.63, 3.8) is 0 Å². The third-order valence-electron chi connectivity index (χ3n) is 3.49. The number of nitrogens with one attached hydrogen (secondary N) is 1. The van der Waals surface area contributed by atoms with Crippen molar-refractivity contribution in [2.75, 3.05) is 12.4 Å². The molecule has 23 heavy (non-hydrogen) atoms. The molecular formula is C16H15N3O4. The van der Waals surface area contributed by atoms with Crippen LogP contribution in [0, 0.1) is 10.1 Å². The molecule has 7 nitrogen and oxygen atoms in total. The topological polar surface area (TPSA) is 86.0 Å². The first-order chi connectivity index (χ1) is 11.2. The summed E-state index contributed by atoms with van der Waals surface area (Å²) in [7, 11) is 1.62. The number of ether oxygens (including phenoxy) is 2. The van der Waals surface area contributed by atoms with Crippen LogP contribution in [0.25, 0.3) is 0 Å². The first-order valence-corrected chi connectivity index (χ1v) is 7.01. The van der Waals surface area contributed by atoms with Crippen LogP contribution in [0.1, 0.15) is 11.1 Å². The van der Waals surface area contributed by atoms with Crippen LogP contribution < -0.4 is 10.1 Å². The number of anilines is 1. The summed E-state index contributed by atoms with van der Waals surface area (Å²) in [6.07, 6.45) is 0. The molecule has 0 fully saturated rings. The van der Waals surface area contributed by atoms with Gasteiger partial charge >= 0.3 is 0 Å². The van der Waals surface area contributed by atoms with Gasteiger partial charge in [-0.15, -0.1) is 0 Å². The predicted molar refractivity (Wildman–Crippen MR) is 85.6 cm³/mol. The second kappa shape index (κ2) is 6.35. The highest BCUT2D eigenvalue weighted by Crippen LogP contribution is 2.26. The van der Waals surface area contributed by atoms with Crippen LogP contribution in [0.5, 0.6) is 5.75 Å². The fourth-order valence-electron chi connectivity index (χ4n) is 2.31. The Bertz CT molecular complexity index is 774. The molecule has 1 N–H and O–H groups in total. The van der Waals surface area contributed by atoms with Gasteiger partial charge in [0.25, 0.3) is 11.7 Å². The quantitative estimate of drug-likeness (QED) is 0.692. The number of non-ortho nitro benzene ring substituents is 1. The zero-order valence-electron chi connectivity index (χ0n) is 12.5. The summed E-state index contributed by atoms with van der Waals surface area (Å²) in [6, 6.07) is 12.6. The average molecular weight is 313 g/mol. The maximum atomic E-state index is 10.8. The molecule has 0 spiro atoms. The summed E-state index contributed by atoms with van der Waals surface area (Å²) in [4.78, 5) is 14.7. The van der Waals surface area contributed by atoms with Gasteiger partial charge in [0, 0.05) is 28.9 Å². The number of methoxy groups -OCH3 is 1. The van der Waals surface area contributed by atoms with Gasteiger partial charge in [-0.05, 0) is 12.1 Å². The summed E-state index contributed by atoms with van der Waals surface area (Å²) in [5.41, 5.74) is 2.49. The maximum absolute atomic E-state index is 10.8. The molecule has 2 aromatic rings. The largest absolute Gasteiger partial charge is 0.496 e. The standard InChI is InChI=1S/C16H15N3O4/c1-22-15-5-3-2-4-11(15)9-17-16-18-14-7-6-13(19(20)21)8-12(14)10-23-16/h2-8H,9-10H2,1H3,(H,17,18). The van der Waals surface area contributed by atoms with Gasteiger partial charge in [-0.3, -0.25) is 10.1 Å². The van der Waals surface area contributed by atoms with E-state index in [1.165, 1.54) is 12.1 Å². The van der Waals surface area contributed by atoms with E-state index in [2.05, 4.69) is 10.3 Å². The summed E-state index contributed by atoms with van der Waals surface area (Å²) in [6.45, 7) is 0.656. The van der Waals surface area contributed by atoms with Crippen molar-refractivity contribution < 1.29 is 14.4 Å². The number of hydrogen-bond acceptors (Lipinski definition) is 5. The van der Waals surface area contributed by atoms with Crippen LogP contribution in [-0.2, 0) is 17.9 Å². The van der Waals surface area contributed by atoms with E-state index in [0.29, 0.717) is 12.6 Å². The van der Waals surface area contributed by atoms with E-state index in [1.54, 1.807) is 13.2 Å². The molecule has 7 heteroatoms. The molecule has 1 heterocycles. The number of aliphatic imine (C=N–C) groups is 1. The van der Waals surface area contributed by atoms with E-state index >= 15 is 0 Å². The zero-order chi connectivity index (χ0) is 16.2. The normalized spacial score (nSPS) is 14.6. The van der Waals surface area contributed by atoms with Crippen LogP contribution in [-0.4, -0.2) is 18.1 Å². The lowest BCUT2D eigenvalue weighted by Gasteiger charge is -2.20. The molecule has 0 aliphatic carbocycles. The second-order valence-electron chi connectivity index (χ2n) is 4.95. The number of amidine groups is 1. The number of nitro benzene ring substituents is 1. The third-order valence-corrected chi connectivity index (χ3v) is 3.49. The number of nitro groups is 1.